The van der Waals surface area contributed by atoms with Gasteiger partial charge in [-0.2, -0.15) is 0 Å². The molecule has 3 aliphatic carbocycles. The summed E-state index contributed by atoms with van der Waals surface area (Å²) >= 11 is 0. The largest absolute Gasteiger partial charge is 0.310 e. The summed E-state index contributed by atoms with van der Waals surface area (Å²) in [7, 11) is -2.69. The van der Waals surface area contributed by atoms with Gasteiger partial charge in [-0.05, 0) is 133 Å². The van der Waals surface area contributed by atoms with Gasteiger partial charge in [0, 0.05) is 22.5 Å². The maximum Gasteiger partial charge on any atom is 0.179 e. The summed E-state index contributed by atoms with van der Waals surface area (Å²) < 4.78 is 0. The molecule has 2 saturated carbocycles. The van der Waals surface area contributed by atoms with Crippen LogP contribution >= 0.6 is 0 Å². The van der Waals surface area contributed by atoms with Gasteiger partial charge in [-0.3, -0.25) is 0 Å². The van der Waals surface area contributed by atoms with Crippen molar-refractivity contribution in [2.75, 3.05) is 4.90 Å². The number of hydrogen-bond acceptors (Lipinski definition) is 1. The second-order valence-electron chi connectivity index (χ2n) is 18.1. The zero-order chi connectivity index (χ0) is 40.3. The highest BCUT2D eigenvalue weighted by molar-refractivity contribution is 7.19. The molecule has 0 spiro atoms. The summed E-state index contributed by atoms with van der Waals surface area (Å²) in [4.78, 5) is 2.52. The van der Waals surface area contributed by atoms with Crippen LogP contribution in [0.1, 0.15) is 62.1 Å². The van der Waals surface area contributed by atoms with Crippen molar-refractivity contribution in [1.82, 2.24) is 0 Å². The van der Waals surface area contributed by atoms with Crippen LogP contribution in [0.25, 0.3) is 22.3 Å². The van der Waals surface area contributed by atoms with E-state index in [9.17, 15) is 0 Å². The first-order valence-electron chi connectivity index (χ1n) is 22.0. The zero-order valence-electron chi connectivity index (χ0n) is 34.6. The summed E-state index contributed by atoms with van der Waals surface area (Å²) in [6.07, 6.45) is 5.59. The van der Waals surface area contributed by atoms with Crippen LogP contribution < -0.4 is 25.6 Å². The number of nitrogens with zero attached hydrogens (tertiary/aromatic N) is 1. The van der Waals surface area contributed by atoms with E-state index in [1.54, 1.807) is 0 Å². The molecular formula is C58H51NSi. The molecule has 2 heteroatoms. The standard InChI is InChI=1S/C58H51NSi/c1-58(2)55-26-16-15-25-52(55)57-54(42-17-7-3-8-18-42)39-47(40-56(57)58)59(45-31-29-43(30-32-45)53-38-41-27-28-44(53)37-41)46-33-35-51(36-34-46)60(48-19-9-4-10-20-48,49-21-11-5-12-22-49)50-23-13-6-14-24-50/h3-26,29-36,39-41,44,53H,27-28,37-38H2,1-2H3. The minimum absolute atomic E-state index is 0.154. The predicted molar refractivity (Wildman–Crippen MR) is 256 cm³/mol. The van der Waals surface area contributed by atoms with E-state index in [2.05, 4.69) is 225 Å². The van der Waals surface area contributed by atoms with E-state index in [4.69, 9.17) is 0 Å². The quantitative estimate of drug-likeness (QED) is 0.104. The lowest BCUT2D eigenvalue weighted by Gasteiger charge is -2.35. The van der Waals surface area contributed by atoms with Crippen LogP contribution in [0.2, 0.25) is 0 Å². The average Bonchev–Trinajstić information content (AvgIpc) is 4.02. The minimum atomic E-state index is -2.69. The molecule has 0 radical (unpaired) electrons. The van der Waals surface area contributed by atoms with Crippen molar-refractivity contribution in [3.63, 3.8) is 0 Å². The van der Waals surface area contributed by atoms with Crippen molar-refractivity contribution in [2.24, 2.45) is 11.8 Å². The Morgan fingerprint density at radius 2 is 0.967 bits per heavy atom. The summed E-state index contributed by atoms with van der Waals surface area (Å²) in [6, 6.07) is 78.1. The summed E-state index contributed by atoms with van der Waals surface area (Å²) in [5.41, 5.74) is 12.9. The Morgan fingerprint density at radius 1 is 0.450 bits per heavy atom. The summed E-state index contributed by atoms with van der Waals surface area (Å²) in [6.45, 7) is 4.81. The maximum absolute atomic E-state index is 2.69. The molecule has 0 aliphatic heterocycles. The molecule has 0 saturated heterocycles. The fourth-order valence-corrected chi connectivity index (χ4v) is 16.4. The average molecular weight is 790 g/mol. The summed E-state index contributed by atoms with van der Waals surface area (Å²) in [5, 5.41) is 5.53. The van der Waals surface area contributed by atoms with E-state index in [1.807, 2.05) is 0 Å². The molecule has 3 aliphatic rings. The highest BCUT2D eigenvalue weighted by atomic mass is 28.3. The molecular weight excluding hydrogens is 739 g/mol. The van der Waals surface area contributed by atoms with Gasteiger partial charge in [-0.15, -0.1) is 0 Å². The second kappa shape index (κ2) is 14.8. The van der Waals surface area contributed by atoms with Gasteiger partial charge in [-0.1, -0.05) is 190 Å². The molecule has 2 fully saturated rings. The summed E-state index contributed by atoms with van der Waals surface area (Å²) in [5.74, 6) is 2.46. The fraction of sp³-hybridized carbons (Fsp3) is 0.172. The number of rotatable bonds is 9. The van der Waals surface area contributed by atoms with E-state index < -0.39 is 8.07 Å². The van der Waals surface area contributed by atoms with Crippen LogP contribution in [0.4, 0.5) is 17.1 Å². The Morgan fingerprint density at radius 3 is 1.52 bits per heavy atom. The molecule has 11 rings (SSSR count). The lowest BCUT2D eigenvalue weighted by atomic mass is 9.81. The molecule has 0 N–H and O–H groups in total. The first-order valence-corrected chi connectivity index (χ1v) is 24.0. The Kier molecular flexibility index (Phi) is 9.08. The molecule has 0 heterocycles. The third-order valence-corrected chi connectivity index (χ3v) is 19.3. The van der Waals surface area contributed by atoms with Crippen molar-refractivity contribution in [3.05, 3.63) is 223 Å². The number of hydrogen-bond donors (Lipinski definition) is 0. The SMILES string of the molecule is CC1(C)c2ccccc2-c2c(-c3ccccc3)cc(N(c3ccc(C4CC5CCC4C5)cc3)c3ccc([Si](c4ccccc4)(c4ccccc4)c4ccccc4)cc3)cc21. The minimum Gasteiger partial charge on any atom is -0.310 e. The van der Waals surface area contributed by atoms with Crippen LogP contribution in [0, 0.1) is 11.8 Å². The van der Waals surface area contributed by atoms with Gasteiger partial charge in [0.15, 0.2) is 8.07 Å². The van der Waals surface area contributed by atoms with E-state index in [-0.39, 0.29) is 5.41 Å². The van der Waals surface area contributed by atoms with Gasteiger partial charge >= 0.3 is 0 Å². The smallest absolute Gasteiger partial charge is 0.179 e. The molecule has 3 unspecified atom stereocenters. The highest BCUT2D eigenvalue weighted by Crippen LogP contribution is 2.55. The molecule has 60 heavy (non-hydrogen) atoms. The first kappa shape index (κ1) is 36.8. The number of benzene rings is 8. The van der Waals surface area contributed by atoms with Crippen molar-refractivity contribution in [3.8, 4) is 22.3 Å². The van der Waals surface area contributed by atoms with Gasteiger partial charge in [0.1, 0.15) is 0 Å². The molecule has 1 nitrogen and oxygen atoms in total. The van der Waals surface area contributed by atoms with Crippen LogP contribution in [-0.2, 0) is 5.41 Å². The van der Waals surface area contributed by atoms with E-state index in [0.29, 0.717) is 5.92 Å². The number of fused-ring (bicyclic) bond motifs is 5. The van der Waals surface area contributed by atoms with Crippen molar-refractivity contribution >= 4 is 45.9 Å². The van der Waals surface area contributed by atoms with E-state index >= 15 is 0 Å². The molecule has 0 aromatic heterocycles. The van der Waals surface area contributed by atoms with Gasteiger partial charge in [0.05, 0.1) is 0 Å². The molecule has 2 bridgehead atoms. The molecule has 8 aromatic carbocycles. The molecule has 3 atom stereocenters. The predicted octanol–water partition coefficient (Wildman–Crippen LogP) is 12.4. The van der Waals surface area contributed by atoms with Gasteiger partial charge in [0.2, 0.25) is 0 Å². The Bertz CT molecular complexity index is 2680. The molecule has 0 amide bonds. The van der Waals surface area contributed by atoms with E-state index in [1.165, 1.54) is 96.7 Å². The highest BCUT2D eigenvalue weighted by Gasteiger charge is 2.43. The second-order valence-corrected chi connectivity index (χ2v) is 21.9. The van der Waals surface area contributed by atoms with Crippen LogP contribution in [0.3, 0.4) is 0 Å². The topological polar surface area (TPSA) is 3.24 Å². The maximum atomic E-state index is 2.52. The van der Waals surface area contributed by atoms with Crippen LogP contribution in [-0.4, -0.2) is 8.07 Å². The normalized spacial score (nSPS) is 18.5. The lowest BCUT2D eigenvalue weighted by Crippen LogP contribution is -2.74. The van der Waals surface area contributed by atoms with Gasteiger partial charge in [0.25, 0.3) is 0 Å². The monoisotopic (exact) mass is 789 g/mol. The lowest BCUT2D eigenvalue weighted by molar-refractivity contribution is 0.420. The van der Waals surface area contributed by atoms with E-state index in [0.717, 1.165) is 17.5 Å². The third kappa shape index (κ3) is 5.95. The van der Waals surface area contributed by atoms with Gasteiger partial charge < -0.3 is 4.90 Å². The van der Waals surface area contributed by atoms with Gasteiger partial charge in [-0.25, -0.2) is 0 Å². The van der Waals surface area contributed by atoms with Crippen molar-refractivity contribution < 1.29 is 0 Å². The zero-order valence-corrected chi connectivity index (χ0v) is 35.6. The van der Waals surface area contributed by atoms with Crippen LogP contribution in [0.15, 0.2) is 206 Å². The fourth-order valence-electron chi connectivity index (χ4n) is 11.7. The Hall–Kier alpha value is -6.22. The molecule has 292 valence electrons. The molecule has 8 aromatic rings. The third-order valence-electron chi connectivity index (χ3n) is 14.5. The first-order chi connectivity index (χ1) is 29.5. The Balaban J connectivity index is 1.11. The van der Waals surface area contributed by atoms with Crippen LogP contribution in [0.5, 0.6) is 0 Å². The van der Waals surface area contributed by atoms with Crippen molar-refractivity contribution in [1.29, 1.82) is 0 Å². The number of anilines is 3. The van der Waals surface area contributed by atoms with Crippen molar-refractivity contribution in [2.45, 2.75) is 50.9 Å². The Labute approximate surface area is 357 Å².